The Balaban J connectivity index is 3.77. The quantitative estimate of drug-likeness (QED) is 0.0153. The number of carbonyl (C=O) groups is 17. The van der Waals surface area contributed by atoms with Crippen LogP contribution in [0.5, 0.6) is 0 Å². The summed E-state index contributed by atoms with van der Waals surface area (Å²) in [7, 11) is 0. The van der Waals surface area contributed by atoms with Gasteiger partial charge in [0.15, 0.2) is 35.8 Å². The largest absolute Gasteiger partial charge is 0.481 e. The van der Waals surface area contributed by atoms with E-state index in [1.807, 2.05) is 0 Å². The number of nitrogens with two attached hydrogens (primary N) is 9. The van der Waals surface area contributed by atoms with Crippen LogP contribution >= 0.6 is 11.8 Å². The topological polar surface area (TPSA) is 960 Å². The molecule has 0 unspecified atom stereocenters. The van der Waals surface area contributed by atoms with Crippen LogP contribution in [0, 0.1) is 44.3 Å². The molecule has 1 rings (SSSR count). The lowest BCUT2D eigenvalue weighted by molar-refractivity contribution is -0.143. The van der Waals surface area contributed by atoms with Gasteiger partial charge in [0, 0.05) is 58.7 Å². The third-order valence-electron chi connectivity index (χ3n) is 20.4. The van der Waals surface area contributed by atoms with Crippen LogP contribution in [0.25, 0.3) is 0 Å². The molecule has 0 aromatic rings. The minimum atomic E-state index is -1.85. The Kier molecular flexibility index (Phi) is 57.2. The molecular weight excluding hydrogens is 1770 g/mol. The number of likely N-dealkylation sites (tertiary alicyclic amines) is 1. The average molecular weight is 1910 g/mol. The van der Waals surface area contributed by atoms with Crippen molar-refractivity contribution in [1.82, 2.24) is 106 Å². The minimum absolute atomic E-state index is 0.0131. The van der Waals surface area contributed by atoms with Gasteiger partial charge in [-0.15, -0.1) is 0 Å². The smallest absolute Gasteiger partial charge is 0.326 e. The normalized spacial score (nSPS) is 15.0. The van der Waals surface area contributed by atoms with E-state index >= 15 is 4.79 Å². The third kappa shape index (κ3) is 49.6. The molecule has 0 aliphatic carbocycles. The van der Waals surface area contributed by atoms with Crippen molar-refractivity contribution in [3.63, 3.8) is 0 Å². The van der Waals surface area contributed by atoms with Crippen molar-refractivity contribution in [2.45, 2.75) is 254 Å². The molecule has 1 fully saturated rings. The molecule has 56 heteroatoms. The average Bonchev–Trinajstić information content (AvgIpc) is 1.73. The predicted octanol–water partition coefficient (Wildman–Crippen LogP) is -11.8. The molecule has 55 nitrogen and oxygen atoms in total. The summed E-state index contributed by atoms with van der Waals surface area (Å²) in [5.41, 5.74) is 50.3. The van der Waals surface area contributed by atoms with Gasteiger partial charge in [0.05, 0.1) is 19.2 Å². The first-order valence-corrected chi connectivity index (χ1v) is 45.1. The first-order chi connectivity index (χ1) is 62.7. The number of nitrogens with one attached hydrogen (secondary N) is 25. The number of aliphatic hydroxyl groups excluding tert-OH is 1. The van der Waals surface area contributed by atoms with E-state index in [1.165, 1.54) is 30.5 Å². The number of carboxylic acid groups (broad SMARTS) is 2. The SMILES string of the molecule is CSCC[C@H](NC(=O)[C@H](CCCNC(=N)N)NC(=O)[C@@H](N)CCC(=O)O)C(=O)N[C@@H](CCCNC(=N)N)C(=O)N1CCC[C@H]1C(=O)N[C@@H](CCCNC(=N)N)C(=O)N[C@@H](CCCCN)C(=O)N[C@@H](CCCNC(=N)N)C(=O)N[C@@H](CCC(N)=O)C(=O)NCC(=O)N[C@@H](CO)C(=O)N[C@H](C(=O)N[C@@H](CCCNC(=N)N)C(=O)N[C@@H](CCCNC(=N)N)C(=O)N[C@H](C(=O)O)C(C)C)C(C)C. The molecule has 0 bridgehead atoms. The minimum Gasteiger partial charge on any atom is -0.481 e. The van der Waals surface area contributed by atoms with E-state index in [0.29, 0.717) is 0 Å². The summed E-state index contributed by atoms with van der Waals surface area (Å²) in [5.74, 6) is -20.8. The highest BCUT2D eigenvalue weighted by molar-refractivity contribution is 7.98. The van der Waals surface area contributed by atoms with Crippen molar-refractivity contribution in [2.75, 3.05) is 77.5 Å². The van der Waals surface area contributed by atoms with Gasteiger partial charge >= 0.3 is 11.9 Å². The molecule has 1 aliphatic heterocycles. The van der Waals surface area contributed by atoms with Crippen molar-refractivity contribution in [3.8, 4) is 0 Å². The molecule has 15 amide bonds. The van der Waals surface area contributed by atoms with Gasteiger partial charge in [-0.05, 0) is 159 Å². The van der Waals surface area contributed by atoms with Gasteiger partial charge < -0.3 is 173 Å². The molecular formula is C77H143N35O20S. The summed E-state index contributed by atoms with van der Waals surface area (Å²) in [6.07, 6.45) is -0.273. The van der Waals surface area contributed by atoms with E-state index in [-0.39, 0.29) is 186 Å². The van der Waals surface area contributed by atoms with Gasteiger partial charge in [0.1, 0.15) is 78.5 Å². The molecule has 14 atom stereocenters. The number of aliphatic hydroxyl groups is 1. The lowest BCUT2D eigenvalue weighted by Crippen LogP contribution is -2.61. The molecule has 46 N–H and O–H groups in total. The Morgan fingerprint density at radius 3 is 1.06 bits per heavy atom. The number of unbranched alkanes of at least 4 members (excludes halogenated alkanes) is 1. The summed E-state index contributed by atoms with van der Waals surface area (Å²) in [6.45, 7) is 4.09. The fourth-order valence-corrected chi connectivity index (χ4v) is 13.7. The first-order valence-electron chi connectivity index (χ1n) is 43.7. The second-order valence-corrected chi connectivity index (χ2v) is 33.1. The number of aliphatic carboxylic acids is 2. The number of carbonyl (C=O) groups excluding carboxylic acids is 15. The molecule has 0 aromatic heterocycles. The molecule has 0 radical (unpaired) electrons. The van der Waals surface area contributed by atoms with Crippen LogP contribution in [0.3, 0.4) is 0 Å². The van der Waals surface area contributed by atoms with Gasteiger partial charge in [-0.25, -0.2) is 4.79 Å². The van der Waals surface area contributed by atoms with E-state index in [2.05, 4.69) is 101 Å². The number of amides is 15. The molecule has 0 aromatic carbocycles. The number of hydrogen-bond donors (Lipinski definition) is 37. The van der Waals surface area contributed by atoms with Gasteiger partial charge in [-0.2, -0.15) is 11.8 Å². The fourth-order valence-electron chi connectivity index (χ4n) is 13.2. The molecule has 0 spiro atoms. The standard InChI is InChI=1S/C77H143N35O20S/c1-39(2)56(69(129)108-46(19-11-32-96-75(87)88)64(124)104-47(20-12-33-97-76(89)90)66(126)111-57(40(3)4)71(131)132)110-67(127)51(38-113)100-54(115)37-99-59(119)48(24-25-53(80)114)105-62(122)44(17-9-30-94-73(83)84)103-60(120)42(15-6-7-28-78)102-63(123)45(18-10-31-95-74(85)86)107-68(128)52-22-14-35-112(52)70(130)50(21-13-34-98-77(91)92)109-65(125)49(27-36-133-5)106-61(121)43(16-8-29-93-72(81)82)101-58(118)41(79)23-26-55(116)117/h39-52,56-57,113H,6-38,78-79H2,1-5H3,(H2,80,114)(H,99,119)(H,100,115)(H,101,118)(H,102,123)(H,103,120)(H,104,124)(H,105,122)(H,106,121)(H,107,128)(H,108,129)(H,109,125)(H,110,127)(H,111,126)(H,116,117)(H,131,132)(H4,81,82,93)(H4,83,84,94)(H4,85,86,95)(H4,87,88,96)(H4,89,90,97)(H4,91,92,98)/t41-,42-,43-,44-,45-,46-,47-,48-,49-,50-,51-,52-,56-,57-/m0/s1. The zero-order valence-electron chi connectivity index (χ0n) is 75.9. The summed E-state index contributed by atoms with van der Waals surface area (Å²) in [5, 5.41) is 123. The van der Waals surface area contributed by atoms with Crippen LogP contribution in [0.15, 0.2) is 0 Å². The molecule has 1 aliphatic rings. The summed E-state index contributed by atoms with van der Waals surface area (Å²) >= 11 is 1.30. The van der Waals surface area contributed by atoms with Crippen molar-refractivity contribution >= 4 is 148 Å². The van der Waals surface area contributed by atoms with Crippen molar-refractivity contribution in [1.29, 1.82) is 32.5 Å². The molecule has 133 heavy (non-hydrogen) atoms. The van der Waals surface area contributed by atoms with Crippen LogP contribution in [-0.2, 0) is 81.5 Å². The number of guanidine groups is 6. The lowest BCUT2D eigenvalue weighted by Gasteiger charge is -2.31. The van der Waals surface area contributed by atoms with Gasteiger partial charge in [0.25, 0.3) is 0 Å². The summed E-state index contributed by atoms with van der Waals surface area (Å²) < 4.78 is 0. The Bertz CT molecular complexity index is 3930. The van der Waals surface area contributed by atoms with Crippen LogP contribution in [-0.4, -0.2) is 319 Å². The second-order valence-electron chi connectivity index (χ2n) is 32.1. The molecule has 1 heterocycles. The highest BCUT2D eigenvalue weighted by atomic mass is 32.2. The number of carboxylic acids is 2. The van der Waals surface area contributed by atoms with Gasteiger partial charge in [0.2, 0.25) is 88.6 Å². The molecule has 752 valence electrons. The Morgan fingerprint density at radius 1 is 0.376 bits per heavy atom. The van der Waals surface area contributed by atoms with Gasteiger partial charge in [-0.1, -0.05) is 27.7 Å². The number of thioether (sulfide) groups is 1. The van der Waals surface area contributed by atoms with Crippen LogP contribution in [0.2, 0.25) is 0 Å². The maximum atomic E-state index is 15.0. The first kappa shape index (κ1) is 118. The van der Waals surface area contributed by atoms with Crippen molar-refractivity contribution in [3.05, 3.63) is 0 Å². The summed E-state index contributed by atoms with van der Waals surface area (Å²) in [4.78, 5) is 237. The van der Waals surface area contributed by atoms with Crippen LogP contribution in [0.4, 0.5) is 0 Å². The maximum absolute atomic E-state index is 15.0. The van der Waals surface area contributed by atoms with E-state index in [4.69, 9.17) is 84.1 Å². The number of rotatable bonds is 68. The zero-order valence-corrected chi connectivity index (χ0v) is 76.7. The highest BCUT2D eigenvalue weighted by Crippen LogP contribution is 2.22. The fraction of sp³-hybridized carbons (Fsp3) is 0.701. The number of primary amides is 1. The second kappa shape index (κ2) is 64.6. The monoisotopic (exact) mass is 1910 g/mol. The lowest BCUT2D eigenvalue weighted by atomic mass is 10.0. The third-order valence-corrected chi connectivity index (χ3v) is 21.0. The number of nitrogens with zero attached hydrogens (tertiary/aromatic N) is 1. The van der Waals surface area contributed by atoms with E-state index in [0.717, 1.165) is 0 Å². The molecule has 0 saturated carbocycles. The van der Waals surface area contributed by atoms with E-state index in [9.17, 15) is 92.0 Å². The Labute approximate surface area is 774 Å². The van der Waals surface area contributed by atoms with E-state index < -0.39 is 259 Å². The Hall–Kier alpha value is -13.2. The molecule has 1 saturated heterocycles. The maximum Gasteiger partial charge on any atom is 0.326 e. The number of hydrogen-bond acceptors (Lipinski definition) is 27. The Morgan fingerprint density at radius 2 is 0.707 bits per heavy atom. The van der Waals surface area contributed by atoms with Crippen LogP contribution in [0.1, 0.15) is 169 Å². The predicted molar refractivity (Wildman–Crippen MR) is 489 cm³/mol. The summed E-state index contributed by atoms with van der Waals surface area (Å²) in [6, 6.07) is -21.0. The van der Waals surface area contributed by atoms with Crippen molar-refractivity contribution in [2.24, 2.45) is 63.4 Å². The zero-order chi connectivity index (χ0) is 101. The van der Waals surface area contributed by atoms with Crippen molar-refractivity contribution < 1.29 is 96.8 Å². The van der Waals surface area contributed by atoms with Crippen LogP contribution < -0.4 is 153 Å². The van der Waals surface area contributed by atoms with E-state index in [1.54, 1.807) is 20.1 Å². The highest BCUT2D eigenvalue weighted by Gasteiger charge is 2.42. The van der Waals surface area contributed by atoms with Gasteiger partial charge in [-0.3, -0.25) is 109 Å².